The number of nitrogens with one attached hydrogen (secondary N) is 1. The highest BCUT2D eigenvalue weighted by atomic mass is 35.5. The molecule has 0 radical (unpaired) electrons. The lowest BCUT2D eigenvalue weighted by molar-refractivity contribution is 0.892. The molecule has 2 nitrogen and oxygen atoms in total. The van der Waals surface area contributed by atoms with E-state index in [1.54, 1.807) is 0 Å². The normalized spacial score (nSPS) is 10.5. The molecule has 0 saturated heterocycles. The molecule has 0 heterocycles. The number of nitrogens with two attached hydrogens (primary N) is 1. The Balaban J connectivity index is 2.94. The van der Waals surface area contributed by atoms with E-state index >= 15 is 0 Å². The van der Waals surface area contributed by atoms with Gasteiger partial charge in [0.15, 0.2) is 0 Å². The van der Waals surface area contributed by atoms with E-state index in [2.05, 4.69) is 19.2 Å². The summed E-state index contributed by atoms with van der Waals surface area (Å²) in [6, 6.07) is 6.11. The molecule has 0 aliphatic heterocycles. The fourth-order valence-corrected chi connectivity index (χ4v) is 1.34. The van der Waals surface area contributed by atoms with Gasteiger partial charge in [-0.1, -0.05) is 17.7 Å². The Labute approximate surface area is 84.1 Å². The van der Waals surface area contributed by atoms with Crippen LogP contribution < -0.4 is 11.1 Å². The fraction of sp³-hybridized carbons (Fsp3) is 0.400. The second kappa shape index (κ2) is 4.49. The van der Waals surface area contributed by atoms with Crippen LogP contribution in [0.25, 0.3) is 0 Å². The van der Waals surface area contributed by atoms with Crippen molar-refractivity contribution in [1.29, 1.82) is 0 Å². The van der Waals surface area contributed by atoms with Gasteiger partial charge < -0.3 is 11.1 Å². The summed E-state index contributed by atoms with van der Waals surface area (Å²) < 4.78 is 0. The van der Waals surface area contributed by atoms with Gasteiger partial charge in [-0.05, 0) is 31.5 Å². The Morgan fingerprint density at radius 3 is 2.69 bits per heavy atom. The van der Waals surface area contributed by atoms with Crippen molar-refractivity contribution in [3.63, 3.8) is 0 Å². The van der Waals surface area contributed by atoms with Crippen molar-refractivity contribution in [2.75, 3.05) is 5.32 Å². The van der Waals surface area contributed by atoms with E-state index in [0.29, 0.717) is 12.6 Å². The molecule has 13 heavy (non-hydrogen) atoms. The van der Waals surface area contributed by atoms with Gasteiger partial charge in [0, 0.05) is 23.3 Å². The summed E-state index contributed by atoms with van der Waals surface area (Å²) >= 11 is 5.88. The molecule has 1 aromatic carbocycles. The molecule has 0 fully saturated rings. The first-order valence-corrected chi connectivity index (χ1v) is 4.76. The van der Waals surface area contributed by atoms with Crippen LogP contribution in [0.2, 0.25) is 5.02 Å². The minimum Gasteiger partial charge on any atom is -0.383 e. The van der Waals surface area contributed by atoms with Crippen LogP contribution in [0, 0.1) is 0 Å². The lowest BCUT2D eigenvalue weighted by atomic mass is 10.1. The molecule has 0 aliphatic carbocycles. The van der Waals surface area contributed by atoms with Gasteiger partial charge in [-0.3, -0.25) is 0 Å². The maximum Gasteiger partial charge on any atom is 0.0426 e. The smallest absolute Gasteiger partial charge is 0.0426 e. The zero-order chi connectivity index (χ0) is 9.84. The molecule has 3 heteroatoms. The molecule has 1 aromatic rings. The number of hydrogen-bond acceptors (Lipinski definition) is 2. The van der Waals surface area contributed by atoms with E-state index in [0.717, 1.165) is 16.3 Å². The zero-order valence-corrected chi connectivity index (χ0v) is 8.73. The predicted octanol–water partition coefficient (Wildman–Crippen LogP) is 2.62. The van der Waals surface area contributed by atoms with Crippen LogP contribution in [0.5, 0.6) is 0 Å². The van der Waals surface area contributed by atoms with E-state index in [1.807, 2.05) is 18.2 Å². The predicted molar refractivity (Wildman–Crippen MR) is 58.1 cm³/mol. The van der Waals surface area contributed by atoms with Gasteiger partial charge in [0.25, 0.3) is 0 Å². The van der Waals surface area contributed by atoms with Gasteiger partial charge in [0.1, 0.15) is 0 Å². The third-order valence-electron chi connectivity index (χ3n) is 1.74. The maximum absolute atomic E-state index is 5.88. The lowest BCUT2D eigenvalue weighted by Gasteiger charge is -2.13. The number of hydrogen-bond donors (Lipinski definition) is 2. The number of halogens is 1. The topological polar surface area (TPSA) is 38.0 Å². The molecule has 0 spiro atoms. The summed E-state index contributed by atoms with van der Waals surface area (Å²) in [7, 11) is 0. The van der Waals surface area contributed by atoms with Gasteiger partial charge >= 0.3 is 0 Å². The first-order valence-electron chi connectivity index (χ1n) is 4.38. The first kappa shape index (κ1) is 10.4. The summed E-state index contributed by atoms with van der Waals surface area (Å²) in [6.07, 6.45) is 0. The van der Waals surface area contributed by atoms with Gasteiger partial charge in [0.2, 0.25) is 0 Å². The molecule has 0 unspecified atom stereocenters. The molecule has 72 valence electrons. The number of benzene rings is 1. The molecule has 0 aromatic heterocycles. The number of rotatable bonds is 3. The second-order valence-corrected chi connectivity index (χ2v) is 3.74. The van der Waals surface area contributed by atoms with E-state index < -0.39 is 0 Å². The van der Waals surface area contributed by atoms with Crippen LogP contribution >= 0.6 is 11.6 Å². The van der Waals surface area contributed by atoms with E-state index in [4.69, 9.17) is 17.3 Å². The summed E-state index contributed by atoms with van der Waals surface area (Å²) in [5.74, 6) is 0. The van der Waals surface area contributed by atoms with Crippen LogP contribution in [-0.4, -0.2) is 6.04 Å². The molecule has 0 saturated carbocycles. The highest BCUT2D eigenvalue weighted by Gasteiger charge is 2.02. The van der Waals surface area contributed by atoms with Crippen molar-refractivity contribution in [3.05, 3.63) is 28.8 Å². The van der Waals surface area contributed by atoms with Crippen LogP contribution in [0.4, 0.5) is 5.69 Å². The Kier molecular flexibility index (Phi) is 3.58. The minimum atomic E-state index is 0.392. The fourth-order valence-electron chi connectivity index (χ4n) is 1.17. The molecule has 3 N–H and O–H groups in total. The van der Waals surface area contributed by atoms with Crippen molar-refractivity contribution in [1.82, 2.24) is 0 Å². The summed E-state index contributed by atoms with van der Waals surface area (Å²) in [6.45, 7) is 4.70. The Hall–Kier alpha value is -0.730. The Morgan fingerprint density at radius 1 is 1.46 bits per heavy atom. The van der Waals surface area contributed by atoms with Gasteiger partial charge in [-0.25, -0.2) is 0 Å². The average Bonchev–Trinajstić information content (AvgIpc) is 2.03. The Morgan fingerprint density at radius 2 is 2.15 bits per heavy atom. The van der Waals surface area contributed by atoms with Gasteiger partial charge in [-0.15, -0.1) is 0 Å². The molecule has 0 aliphatic rings. The van der Waals surface area contributed by atoms with Crippen molar-refractivity contribution in [2.24, 2.45) is 5.73 Å². The third kappa shape index (κ3) is 2.90. The first-order chi connectivity index (χ1) is 6.13. The quantitative estimate of drug-likeness (QED) is 0.784. The average molecular weight is 199 g/mol. The maximum atomic E-state index is 5.88. The Bertz CT molecular complexity index is 284. The summed E-state index contributed by atoms with van der Waals surface area (Å²) in [5, 5.41) is 4.04. The van der Waals surface area contributed by atoms with Gasteiger partial charge in [-0.2, -0.15) is 0 Å². The van der Waals surface area contributed by atoms with Gasteiger partial charge in [0.05, 0.1) is 0 Å². The third-order valence-corrected chi connectivity index (χ3v) is 1.97. The highest BCUT2D eigenvalue weighted by molar-refractivity contribution is 6.30. The van der Waals surface area contributed by atoms with E-state index in [1.165, 1.54) is 0 Å². The van der Waals surface area contributed by atoms with Crippen molar-refractivity contribution in [2.45, 2.75) is 26.4 Å². The molecule has 0 amide bonds. The second-order valence-electron chi connectivity index (χ2n) is 3.30. The molecular formula is C10H15ClN2. The monoisotopic (exact) mass is 198 g/mol. The number of anilines is 1. The zero-order valence-electron chi connectivity index (χ0n) is 7.97. The van der Waals surface area contributed by atoms with E-state index in [-0.39, 0.29) is 0 Å². The van der Waals surface area contributed by atoms with Crippen LogP contribution in [0.3, 0.4) is 0 Å². The van der Waals surface area contributed by atoms with Crippen molar-refractivity contribution in [3.8, 4) is 0 Å². The lowest BCUT2D eigenvalue weighted by Crippen LogP contribution is -2.12. The van der Waals surface area contributed by atoms with E-state index in [9.17, 15) is 0 Å². The SMILES string of the molecule is CC(C)Nc1cc(Cl)ccc1CN. The molecule has 1 rings (SSSR count). The van der Waals surface area contributed by atoms with Crippen LogP contribution in [-0.2, 0) is 6.54 Å². The van der Waals surface area contributed by atoms with Crippen molar-refractivity contribution < 1.29 is 0 Å². The molecule has 0 bridgehead atoms. The summed E-state index contributed by atoms with van der Waals surface area (Å²) in [5.41, 5.74) is 7.72. The largest absolute Gasteiger partial charge is 0.383 e. The minimum absolute atomic E-state index is 0.392. The standard InChI is InChI=1S/C10H15ClN2/c1-7(2)13-10-5-9(11)4-3-8(10)6-12/h3-5,7,13H,6,12H2,1-2H3. The molecule has 0 atom stereocenters. The van der Waals surface area contributed by atoms with Crippen LogP contribution in [0.15, 0.2) is 18.2 Å². The highest BCUT2D eigenvalue weighted by Crippen LogP contribution is 2.21. The van der Waals surface area contributed by atoms with Crippen molar-refractivity contribution >= 4 is 17.3 Å². The molecular weight excluding hydrogens is 184 g/mol. The van der Waals surface area contributed by atoms with Crippen LogP contribution in [0.1, 0.15) is 19.4 Å². The summed E-state index contributed by atoms with van der Waals surface area (Å²) in [4.78, 5) is 0.